The molecule has 3 aromatic rings. The molecule has 5 rings (SSSR count). The molecule has 0 bridgehead atoms. The van der Waals surface area contributed by atoms with Gasteiger partial charge < -0.3 is 26.0 Å². The first-order valence-corrected chi connectivity index (χ1v) is 12.4. The Morgan fingerprint density at radius 1 is 1.05 bits per heavy atom. The molecule has 9 heteroatoms. The van der Waals surface area contributed by atoms with E-state index in [1.807, 2.05) is 60.7 Å². The molecule has 0 aromatic heterocycles. The van der Waals surface area contributed by atoms with Crippen molar-refractivity contribution in [2.75, 3.05) is 24.4 Å². The molecule has 0 saturated heterocycles. The van der Waals surface area contributed by atoms with Crippen molar-refractivity contribution in [3.8, 4) is 0 Å². The summed E-state index contributed by atoms with van der Waals surface area (Å²) in [6.07, 6.45) is 0.285. The molecular formula is C29H29N5O4. The minimum absolute atomic E-state index is 0.307. The minimum Gasteiger partial charge on any atom is -0.468 e. The number of anilines is 2. The molecule has 1 aliphatic heterocycles. The third kappa shape index (κ3) is 4.76. The number of carbonyl (C=O) groups is 3. The van der Waals surface area contributed by atoms with Gasteiger partial charge in [-0.2, -0.15) is 0 Å². The fourth-order valence-corrected chi connectivity index (χ4v) is 5.01. The van der Waals surface area contributed by atoms with Crippen molar-refractivity contribution in [1.29, 1.82) is 0 Å². The number of carbonyl (C=O) groups excluding carboxylic acids is 3. The van der Waals surface area contributed by atoms with Gasteiger partial charge >= 0.3 is 12.0 Å². The third-order valence-corrected chi connectivity index (χ3v) is 7.06. The summed E-state index contributed by atoms with van der Waals surface area (Å²) >= 11 is 0. The Kier molecular flexibility index (Phi) is 6.69. The molecule has 0 spiro atoms. The first kappa shape index (κ1) is 25.2. The summed E-state index contributed by atoms with van der Waals surface area (Å²) in [5, 5.41) is 5.51. The van der Waals surface area contributed by atoms with Gasteiger partial charge in [-0.3, -0.25) is 9.59 Å². The molecule has 38 heavy (non-hydrogen) atoms. The molecule has 0 radical (unpaired) electrons. The number of ether oxygens (including phenoxy) is 1. The first-order chi connectivity index (χ1) is 18.3. The fraction of sp³-hybridized carbons (Fsp3) is 0.241. The lowest BCUT2D eigenvalue weighted by atomic mass is 9.78. The van der Waals surface area contributed by atoms with E-state index in [2.05, 4.69) is 10.6 Å². The summed E-state index contributed by atoms with van der Waals surface area (Å²) < 4.78 is 4.89. The van der Waals surface area contributed by atoms with E-state index >= 15 is 0 Å². The van der Waals surface area contributed by atoms with Crippen LogP contribution in [0.15, 0.2) is 77.8 Å². The summed E-state index contributed by atoms with van der Waals surface area (Å²) in [6, 6.07) is 22.0. The lowest BCUT2D eigenvalue weighted by Gasteiger charge is -2.32. The van der Waals surface area contributed by atoms with Gasteiger partial charge in [0.25, 0.3) is 5.91 Å². The van der Waals surface area contributed by atoms with Crippen LogP contribution in [0.25, 0.3) is 0 Å². The maximum Gasteiger partial charge on any atom is 0.326 e. The van der Waals surface area contributed by atoms with Crippen LogP contribution < -0.4 is 21.3 Å². The average molecular weight is 512 g/mol. The minimum atomic E-state index is -1.14. The normalized spacial score (nSPS) is 20.4. The second-order valence-corrected chi connectivity index (χ2v) is 9.57. The predicted molar refractivity (Wildman–Crippen MR) is 145 cm³/mol. The van der Waals surface area contributed by atoms with E-state index in [-0.39, 0.29) is 5.91 Å². The highest BCUT2D eigenvalue weighted by molar-refractivity contribution is 6.20. The van der Waals surface area contributed by atoms with Crippen molar-refractivity contribution in [3.63, 3.8) is 0 Å². The summed E-state index contributed by atoms with van der Waals surface area (Å²) in [5.74, 6) is -0.821. The molecule has 3 amide bonds. The number of amides is 3. The number of nitrogens with one attached hydrogen (secondary N) is 2. The molecule has 1 unspecified atom stereocenters. The Balaban J connectivity index is 1.39. The second-order valence-electron chi connectivity index (χ2n) is 9.57. The Morgan fingerprint density at radius 2 is 1.79 bits per heavy atom. The monoisotopic (exact) mass is 511 g/mol. The number of benzodiazepines with no additional fused rings is 1. The maximum atomic E-state index is 13.3. The summed E-state index contributed by atoms with van der Waals surface area (Å²) in [7, 11) is 2.99. The fourth-order valence-electron chi connectivity index (χ4n) is 5.01. The number of aryl methyl sites for hydroxylation is 1. The van der Waals surface area contributed by atoms with Crippen LogP contribution in [0.2, 0.25) is 0 Å². The number of para-hydroxylation sites is 1. The number of esters is 1. The number of methoxy groups -OCH3 is 1. The molecule has 3 aromatic carbocycles. The lowest BCUT2D eigenvalue weighted by Crippen LogP contribution is -2.52. The standard InChI is InChI=1S/C29H29N5O4/c1-34-23-11-7-6-10-22(23)24(19-8-4-3-5-9-19)32-25(26(34)35)33-28(37)31-21-13-12-18-14-15-29(30,27(36)38-2)17-20(18)16-21/h3-13,16,25H,14-15,17,30H2,1-2H3,(H2,31,33,37)/t25-,29?/m0/s1. The summed E-state index contributed by atoms with van der Waals surface area (Å²) in [4.78, 5) is 44.8. The highest BCUT2D eigenvalue weighted by Crippen LogP contribution is 2.30. The van der Waals surface area contributed by atoms with Gasteiger partial charge in [0.2, 0.25) is 6.17 Å². The second kappa shape index (κ2) is 10.1. The quantitative estimate of drug-likeness (QED) is 0.464. The Labute approximate surface area is 220 Å². The van der Waals surface area contributed by atoms with Crippen LogP contribution in [0.1, 0.15) is 28.7 Å². The maximum absolute atomic E-state index is 13.3. The van der Waals surface area contributed by atoms with Crippen LogP contribution in [0, 0.1) is 0 Å². The van der Waals surface area contributed by atoms with Crippen LogP contribution >= 0.6 is 0 Å². The number of urea groups is 1. The van der Waals surface area contributed by atoms with Gasteiger partial charge in [0, 0.05) is 30.3 Å². The van der Waals surface area contributed by atoms with E-state index in [4.69, 9.17) is 15.5 Å². The van der Waals surface area contributed by atoms with Gasteiger partial charge in [-0.1, -0.05) is 54.6 Å². The van der Waals surface area contributed by atoms with Gasteiger partial charge in [-0.25, -0.2) is 9.79 Å². The molecule has 0 fully saturated rings. The Morgan fingerprint density at radius 3 is 2.55 bits per heavy atom. The van der Waals surface area contributed by atoms with Crippen LogP contribution in [0.3, 0.4) is 0 Å². The van der Waals surface area contributed by atoms with Gasteiger partial charge in [0.15, 0.2) is 0 Å². The summed E-state index contributed by atoms with van der Waals surface area (Å²) in [5.41, 5.74) is 10.6. The van der Waals surface area contributed by atoms with Crippen molar-refractivity contribution in [2.24, 2.45) is 10.7 Å². The van der Waals surface area contributed by atoms with Gasteiger partial charge in [0.05, 0.1) is 18.5 Å². The molecule has 4 N–H and O–H groups in total. The number of nitrogens with two attached hydrogens (primary N) is 1. The van der Waals surface area contributed by atoms with E-state index in [0.717, 1.165) is 22.3 Å². The topological polar surface area (TPSA) is 126 Å². The van der Waals surface area contributed by atoms with E-state index < -0.39 is 23.7 Å². The number of aliphatic imine (C=N–C) groups is 1. The van der Waals surface area contributed by atoms with Crippen LogP contribution in [0.5, 0.6) is 0 Å². The number of rotatable bonds is 4. The lowest BCUT2D eigenvalue weighted by molar-refractivity contribution is -0.147. The first-order valence-electron chi connectivity index (χ1n) is 12.4. The molecule has 2 atom stereocenters. The molecule has 194 valence electrons. The van der Waals surface area contributed by atoms with Crippen molar-refractivity contribution in [2.45, 2.75) is 31.0 Å². The highest BCUT2D eigenvalue weighted by atomic mass is 16.5. The number of likely N-dealkylation sites (N-methyl/N-ethyl adjacent to an activating group) is 1. The van der Waals surface area contributed by atoms with Crippen molar-refractivity contribution >= 4 is 35.0 Å². The highest BCUT2D eigenvalue weighted by Gasteiger charge is 2.38. The van der Waals surface area contributed by atoms with Crippen LogP contribution in [-0.2, 0) is 27.2 Å². The smallest absolute Gasteiger partial charge is 0.326 e. The number of fused-ring (bicyclic) bond motifs is 2. The van der Waals surface area contributed by atoms with Crippen molar-refractivity contribution in [3.05, 3.63) is 95.1 Å². The van der Waals surface area contributed by atoms with Gasteiger partial charge in [0.1, 0.15) is 5.54 Å². The third-order valence-electron chi connectivity index (χ3n) is 7.06. The zero-order chi connectivity index (χ0) is 26.9. The van der Waals surface area contributed by atoms with Gasteiger partial charge in [-0.05, 0) is 42.2 Å². The largest absolute Gasteiger partial charge is 0.468 e. The number of benzene rings is 3. The summed E-state index contributed by atoms with van der Waals surface area (Å²) in [6.45, 7) is 0. The predicted octanol–water partition coefficient (Wildman–Crippen LogP) is 3.01. The molecule has 0 saturated carbocycles. The van der Waals surface area contributed by atoms with Gasteiger partial charge in [-0.15, -0.1) is 0 Å². The van der Waals surface area contributed by atoms with E-state index in [9.17, 15) is 14.4 Å². The van der Waals surface area contributed by atoms with Crippen LogP contribution in [0.4, 0.5) is 16.2 Å². The van der Waals surface area contributed by atoms with E-state index in [1.165, 1.54) is 12.0 Å². The number of nitrogens with zero attached hydrogens (tertiary/aromatic N) is 2. The molecule has 2 aliphatic rings. The van der Waals surface area contributed by atoms with Crippen molar-refractivity contribution in [1.82, 2.24) is 5.32 Å². The van der Waals surface area contributed by atoms with Crippen LogP contribution in [-0.4, -0.2) is 49.5 Å². The SMILES string of the molecule is COC(=O)C1(N)CCc2ccc(NC(=O)N[C@@H]3N=C(c4ccccc4)c4ccccc4N(C)C3=O)cc2C1. The molecule has 1 aliphatic carbocycles. The Hall–Kier alpha value is -4.50. The van der Waals surface area contributed by atoms with E-state index in [1.54, 1.807) is 19.2 Å². The Bertz CT molecular complexity index is 1440. The van der Waals surface area contributed by atoms with E-state index in [0.29, 0.717) is 36.3 Å². The molecular weight excluding hydrogens is 482 g/mol. The zero-order valence-electron chi connectivity index (χ0n) is 21.2. The average Bonchev–Trinajstić information content (AvgIpc) is 3.03. The zero-order valence-corrected chi connectivity index (χ0v) is 21.2. The van der Waals surface area contributed by atoms with Crippen molar-refractivity contribution < 1.29 is 19.1 Å². The molecule has 9 nitrogen and oxygen atoms in total. The molecule has 1 heterocycles. The number of hydrogen-bond acceptors (Lipinski definition) is 6. The number of hydrogen-bond donors (Lipinski definition) is 3.